The molecule has 2 aromatic carbocycles. The Morgan fingerprint density at radius 2 is 1.82 bits per heavy atom. The lowest BCUT2D eigenvalue weighted by molar-refractivity contribution is 0.481. The van der Waals surface area contributed by atoms with Crippen LogP contribution < -0.4 is 0 Å². The van der Waals surface area contributed by atoms with Gasteiger partial charge in [-0.3, -0.25) is 0 Å². The molecule has 1 heteroatoms. The predicted octanol–water partition coefficient (Wildman–Crippen LogP) is 3.82. The first-order valence-electron chi connectivity index (χ1n) is 5.67. The van der Waals surface area contributed by atoms with Crippen molar-refractivity contribution in [2.75, 3.05) is 0 Å². The van der Waals surface area contributed by atoms with Gasteiger partial charge in [0, 0.05) is 16.3 Å². The topological polar surface area (TPSA) is 20.2 Å². The van der Waals surface area contributed by atoms with Crippen LogP contribution in [0.2, 0.25) is 0 Å². The van der Waals surface area contributed by atoms with E-state index in [0.29, 0.717) is 0 Å². The molecule has 17 heavy (non-hydrogen) atoms. The second-order valence-electron chi connectivity index (χ2n) is 5.25. The van der Waals surface area contributed by atoms with E-state index in [1.807, 2.05) is 24.3 Å². The van der Waals surface area contributed by atoms with Crippen molar-refractivity contribution in [3.8, 4) is 18.1 Å². The third kappa shape index (κ3) is 1.87. The first-order valence-corrected chi connectivity index (χ1v) is 5.67. The zero-order valence-electron chi connectivity index (χ0n) is 10.4. The van der Waals surface area contributed by atoms with Crippen molar-refractivity contribution in [3.05, 3.63) is 41.5 Å². The highest BCUT2D eigenvalue weighted by molar-refractivity contribution is 5.95. The highest BCUT2D eigenvalue weighted by atomic mass is 16.3. The van der Waals surface area contributed by atoms with Crippen LogP contribution in [-0.4, -0.2) is 5.11 Å². The van der Waals surface area contributed by atoms with E-state index in [9.17, 15) is 5.11 Å². The summed E-state index contributed by atoms with van der Waals surface area (Å²) in [6.45, 7) is 6.43. The van der Waals surface area contributed by atoms with Crippen molar-refractivity contribution in [1.29, 1.82) is 0 Å². The minimum absolute atomic E-state index is 0.00109. The largest absolute Gasteiger partial charge is 0.507 e. The molecule has 1 nitrogen and oxygen atoms in total. The summed E-state index contributed by atoms with van der Waals surface area (Å²) in [6.07, 6.45) is 5.55. The summed E-state index contributed by atoms with van der Waals surface area (Å²) in [6, 6.07) is 9.39. The van der Waals surface area contributed by atoms with Crippen LogP contribution >= 0.6 is 0 Å². The summed E-state index contributed by atoms with van der Waals surface area (Å²) in [5.41, 5.74) is 2.00. The number of hydrogen-bond acceptors (Lipinski definition) is 1. The van der Waals surface area contributed by atoms with Crippen molar-refractivity contribution in [3.63, 3.8) is 0 Å². The number of phenolic OH excluding ortho intramolecular Hbond substituents is 1. The minimum atomic E-state index is -0.00109. The van der Waals surface area contributed by atoms with Gasteiger partial charge in [0.15, 0.2) is 0 Å². The van der Waals surface area contributed by atoms with Crippen LogP contribution in [-0.2, 0) is 5.41 Å². The normalized spacial score (nSPS) is 11.4. The molecule has 1 N–H and O–H groups in total. The SMILES string of the molecule is C#Cc1cccc2c(O)ccc(C(C)(C)C)c12. The zero-order chi connectivity index (χ0) is 12.6. The van der Waals surface area contributed by atoms with Crippen molar-refractivity contribution in [1.82, 2.24) is 0 Å². The van der Waals surface area contributed by atoms with Gasteiger partial charge >= 0.3 is 0 Å². The predicted molar refractivity (Wildman–Crippen MR) is 72.2 cm³/mol. The molecular formula is C16H16O. The summed E-state index contributed by atoms with van der Waals surface area (Å²) in [4.78, 5) is 0. The smallest absolute Gasteiger partial charge is 0.123 e. The highest BCUT2D eigenvalue weighted by Crippen LogP contribution is 2.36. The summed E-state index contributed by atoms with van der Waals surface area (Å²) in [5, 5.41) is 11.7. The van der Waals surface area contributed by atoms with Gasteiger partial charge in [-0.2, -0.15) is 0 Å². The Labute approximate surface area is 102 Å². The molecule has 0 saturated heterocycles. The standard InChI is InChI=1S/C16H16O/c1-5-11-7-6-8-12-14(17)10-9-13(15(11)12)16(2,3)4/h1,6-10,17H,2-4H3. The fraction of sp³-hybridized carbons (Fsp3) is 0.250. The van der Waals surface area contributed by atoms with E-state index in [1.165, 1.54) is 5.56 Å². The highest BCUT2D eigenvalue weighted by Gasteiger charge is 2.19. The van der Waals surface area contributed by atoms with Gasteiger partial charge < -0.3 is 5.11 Å². The molecule has 0 amide bonds. The summed E-state index contributed by atoms with van der Waals surface area (Å²) in [5.74, 6) is 2.98. The number of benzene rings is 2. The Kier molecular flexibility index (Phi) is 2.59. The number of fused-ring (bicyclic) bond motifs is 1. The molecule has 0 saturated carbocycles. The summed E-state index contributed by atoms with van der Waals surface area (Å²) < 4.78 is 0. The van der Waals surface area contributed by atoms with E-state index >= 15 is 0 Å². The van der Waals surface area contributed by atoms with E-state index in [2.05, 4.69) is 26.7 Å². The van der Waals surface area contributed by atoms with Gasteiger partial charge in [0.05, 0.1) is 0 Å². The van der Waals surface area contributed by atoms with E-state index in [1.54, 1.807) is 6.07 Å². The van der Waals surface area contributed by atoms with Crippen LogP contribution in [0.1, 0.15) is 31.9 Å². The fourth-order valence-corrected chi connectivity index (χ4v) is 2.14. The van der Waals surface area contributed by atoms with Crippen LogP contribution in [0.3, 0.4) is 0 Å². The van der Waals surface area contributed by atoms with E-state index in [-0.39, 0.29) is 11.2 Å². The molecular weight excluding hydrogens is 208 g/mol. The molecule has 2 rings (SSSR count). The van der Waals surface area contributed by atoms with Gasteiger partial charge in [-0.1, -0.05) is 44.9 Å². The Bertz CT molecular complexity index is 610. The maximum atomic E-state index is 9.91. The molecule has 0 radical (unpaired) electrons. The molecule has 0 fully saturated rings. The lowest BCUT2D eigenvalue weighted by atomic mass is 9.82. The van der Waals surface area contributed by atoms with Crippen LogP contribution in [0.5, 0.6) is 5.75 Å². The second-order valence-corrected chi connectivity index (χ2v) is 5.25. The molecule has 0 heterocycles. The average Bonchev–Trinajstić information content (AvgIpc) is 2.27. The van der Waals surface area contributed by atoms with Crippen molar-refractivity contribution >= 4 is 10.8 Å². The van der Waals surface area contributed by atoms with Crippen LogP contribution in [0.4, 0.5) is 0 Å². The Morgan fingerprint density at radius 3 is 2.41 bits per heavy atom. The molecule has 0 bridgehead atoms. The average molecular weight is 224 g/mol. The molecule has 0 spiro atoms. The summed E-state index contributed by atoms with van der Waals surface area (Å²) in [7, 11) is 0. The maximum absolute atomic E-state index is 9.91. The van der Waals surface area contributed by atoms with Gasteiger partial charge in [-0.05, 0) is 23.1 Å². The lowest BCUT2D eigenvalue weighted by Crippen LogP contribution is -2.12. The number of terminal acetylenes is 1. The first kappa shape index (κ1) is 11.5. The van der Waals surface area contributed by atoms with Crippen molar-refractivity contribution in [2.24, 2.45) is 0 Å². The van der Waals surface area contributed by atoms with Crippen LogP contribution in [0.15, 0.2) is 30.3 Å². The molecule has 86 valence electrons. The monoisotopic (exact) mass is 224 g/mol. The minimum Gasteiger partial charge on any atom is -0.507 e. The van der Waals surface area contributed by atoms with Gasteiger partial charge in [-0.15, -0.1) is 6.42 Å². The molecule has 0 atom stereocenters. The Morgan fingerprint density at radius 1 is 1.12 bits per heavy atom. The first-order chi connectivity index (χ1) is 7.95. The molecule has 0 aliphatic carbocycles. The summed E-state index contributed by atoms with van der Waals surface area (Å²) >= 11 is 0. The number of rotatable bonds is 0. The molecule has 0 unspecified atom stereocenters. The van der Waals surface area contributed by atoms with E-state index in [4.69, 9.17) is 6.42 Å². The molecule has 0 aliphatic heterocycles. The lowest BCUT2D eigenvalue weighted by Gasteiger charge is -2.22. The number of aromatic hydroxyl groups is 1. The van der Waals surface area contributed by atoms with Gasteiger partial charge in [0.1, 0.15) is 5.75 Å². The fourth-order valence-electron chi connectivity index (χ4n) is 2.14. The van der Waals surface area contributed by atoms with Gasteiger partial charge in [-0.25, -0.2) is 0 Å². The third-order valence-corrected chi connectivity index (χ3v) is 2.98. The second kappa shape index (κ2) is 3.82. The van der Waals surface area contributed by atoms with E-state index in [0.717, 1.165) is 16.3 Å². The molecule has 0 aromatic heterocycles. The zero-order valence-corrected chi connectivity index (χ0v) is 10.4. The van der Waals surface area contributed by atoms with Gasteiger partial charge in [0.25, 0.3) is 0 Å². The molecule has 0 aliphatic rings. The quantitative estimate of drug-likeness (QED) is 0.674. The van der Waals surface area contributed by atoms with E-state index < -0.39 is 0 Å². The Balaban J connectivity index is 2.98. The number of phenols is 1. The van der Waals surface area contributed by atoms with Gasteiger partial charge in [0.2, 0.25) is 0 Å². The maximum Gasteiger partial charge on any atom is 0.123 e. The third-order valence-electron chi connectivity index (χ3n) is 2.98. The van der Waals surface area contributed by atoms with Crippen LogP contribution in [0, 0.1) is 12.3 Å². The Hall–Kier alpha value is -1.94. The van der Waals surface area contributed by atoms with Crippen molar-refractivity contribution < 1.29 is 5.11 Å². The van der Waals surface area contributed by atoms with Crippen LogP contribution in [0.25, 0.3) is 10.8 Å². The van der Waals surface area contributed by atoms with Crippen molar-refractivity contribution in [2.45, 2.75) is 26.2 Å². The molecule has 2 aromatic rings. The number of hydrogen-bond donors (Lipinski definition) is 1.